The lowest BCUT2D eigenvalue weighted by Gasteiger charge is -2.24. The van der Waals surface area contributed by atoms with Gasteiger partial charge in [-0.1, -0.05) is 52.0 Å². The van der Waals surface area contributed by atoms with E-state index in [1.54, 1.807) is 7.11 Å². The van der Waals surface area contributed by atoms with Gasteiger partial charge in [0.05, 0.1) is 6.10 Å². The number of ether oxygens (including phenoxy) is 2. The molecule has 0 N–H and O–H groups in total. The third kappa shape index (κ3) is 8.39. The Kier molecular flexibility index (Phi) is 11.9. The highest BCUT2D eigenvalue weighted by atomic mass is 16.7. The fourth-order valence-corrected chi connectivity index (χ4v) is 2.07. The first-order valence-corrected chi connectivity index (χ1v) is 7.03. The summed E-state index contributed by atoms with van der Waals surface area (Å²) in [7, 11) is 1.68. The van der Waals surface area contributed by atoms with E-state index in [0.717, 1.165) is 6.42 Å². The molecule has 0 aromatic rings. The van der Waals surface area contributed by atoms with Gasteiger partial charge in [0.25, 0.3) is 0 Å². The smallest absolute Gasteiger partial charge is 0.146 e. The zero-order valence-electron chi connectivity index (χ0n) is 11.9. The predicted octanol–water partition coefficient (Wildman–Crippen LogP) is 4.55. The van der Waals surface area contributed by atoms with Crippen molar-refractivity contribution in [2.24, 2.45) is 5.92 Å². The second-order valence-corrected chi connectivity index (χ2v) is 4.65. The fraction of sp³-hybridized carbons (Fsp3) is 0.867. The van der Waals surface area contributed by atoms with Crippen LogP contribution in [0.2, 0.25) is 0 Å². The average molecular weight is 242 g/mol. The molecule has 0 unspecified atom stereocenters. The van der Waals surface area contributed by atoms with Crippen molar-refractivity contribution >= 4 is 0 Å². The molecule has 0 amide bonds. The van der Waals surface area contributed by atoms with Crippen molar-refractivity contribution in [2.45, 2.75) is 64.9 Å². The first-order chi connectivity index (χ1) is 8.29. The van der Waals surface area contributed by atoms with E-state index in [9.17, 15) is 0 Å². The van der Waals surface area contributed by atoms with Crippen molar-refractivity contribution in [1.82, 2.24) is 0 Å². The molecule has 0 saturated carbocycles. The van der Waals surface area contributed by atoms with Gasteiger partial charge in [-0.15, -0.1) is 6.58 Å². The summed E-state index contributed by atoms with van der Waals surface area (Å²) in [4.78, 5) is 0. The average Bonchev–Trinajstić information content (AvgIpc) is 2.36. The van der Waals surface area contributed by atoms with Gasteiger partial charge < -0.3 is 9.47 Å². The summed E-state index contributed by atoms with van der Waals surface area (Å²) in [6.45, 7) is 8.80. The molecule has 0 fully saturated rings. The van der Waals surface area contributed by atoms with Gasteiger partial charge in [-0.25, -0.2) is 0 Å². The first kappa shape index (κ1) is 16.7. The third-order valence-corrected chi connectivity index (χ3v) is 3.16. The Morgan fingerprint density at radius 2 is 1.76 bits per heavy atom. The monoisotopic (exact) mass is 242 g/mol. The van der Waals surface area contributed by atoms with Gasteiger partial charge in [0.2, 0.25) is 0 Å². The molecule has 0 bridgehead atoms. The van der Waals surface area contributed by atoms with Crippen molar-refractivity contribution in [3.05, 3.63) is 12.7 Å². The Balaban J connectivity index is 4.12. The van der Waals surface area contributed by atoms with Gasteiger partial charge in [-0.3, -0.25) is 0 Å². The summed E-state index contributed by atoms with van der Waals surface area (Å²) in [5, 5.41) is 0. The van der Waals surface area contributed by atoms with E-state index in [-0.39, 0.29) is 6.10 Å². The number of hydrogen-bond acceptors (Lipinski definition) is 2. The quantitative estimate of drug-likeness (QED) is 0.284. The maximum absolute atomic E-state index is 5.79. The summed E-state index contributed by atoms with van der Waals surface area (Å²) in [5.41, 5.74) is 0. The molecular weight excluding hydrogens is 212 g/mol. The summed E-state index contributed by atoms with van der Waals surface area (Å²) in [6, 6.07) is 0. The van der Waals surface area contributed by atoms with Gasteiger partial charge in [0.15, 0.2) is 0 Å². The summed E-state index contributed by atoms with van der Waals surface area (Å²) < 4.78 is 10.8. The summed E-state index contributed by atoms with van der Waals surface area (Å²) >= 11 is 0. The van der Waals surface area contributed by atoms with E-state index in [1.165, 1.54) is 38.5 Å². The van der Waals surface area contributed by atoms with Gasteiger partial charge in [0, 0.05) is 13.0 Å². The van der Waals surface area contributed by atoms with Crippen LogP contribution in [0.15, 0.2) is 12.7 Å². The topological polar surface area (TPSA) is 18.5 Å². The number of hydrogen-bond donors (Lipinski definition) is 0. The lowest BCUT2D eigenvalue weighted by molar-refractivity contribution is -0.0890. The van der Waals surface area contributed by atoms with Crippen molar-refractivity contribution in [3.63, 3.8) is 0 Å². The predicted molar refractivity (Wildman–Crippen MR) is 74.1 cm³/mol. The van der Waals surface area contributed by atoms with E-state index >= 15 is 0 Å². The Labute approximate surface area is 107 Å². The largest absolute Gasteiger partial charge is 0.359 e. The Hall–Kier alpha value is -0.340. The molecule has 0 rings (SSSR count). The van der Waals surface area contributed by atoms with Crippen LogP contribution in [0.3, 0.4) is 0 Å². The molecule has 0 spiro atoms. The van der Waals surface area contributed by atoms with Gasteiger partial charge in [-0.2, -0.15) is 0 Å². The Morgan fingerprint density at radius 3 is 2.29 bits per heavy atom. The minimum Gasteiger partial charge on any atom is -0.359 e. The van der Waals surface area contributed by atoms with Crippen LogP contribution >= 0.6 is 0 Å². The lowest BCUT2D eigenvalue weighted by Crippen LogP contribution is -2.24. The number of rotatable bonds is 12. The van der Waals surface area contributed by atoms with Gasteiger partial charge in [0.1, 0.15) is 6.79 Å². The molecule has 2 atom stereocenters. The minimum absolute atomic E-state index is 0.283. The highest BCUT2D eigenvalue weighted by Gasteiger charge is 2.18. The highest BCUT2D eigenvalue weighted by Crippen LogP contribution is 2.22. The molecule has 0 heterocycles. The standard InChI is InChI=1S/C15H30O2/c1-5-8-10-12-15(17-13-16-4)14(7-3)11-9-6-2/h7,14-15H,3,5-6,8-13H2,1-2,4H3/t14-,15-/m1/s1. The van der Waals surface area contributed by atoms with E-state index in [2.05, 4.69) is 26.5 Å². The van der Waals surface area contributed by atoms with Crippen LogP contribution in [-0.2, 0) is 9.47 Å². The molecular formula is C15H30O2. The zero-order valence-corrected chi connectivity index (χ0v) is 11.9. The van der Waals surface area contributed by atoms with Crippen molar-refractivity contribution in [1.29, 1.82) is 0 Å². The first-order valence-electron chi connectivity index (χ1n) is 7.03. The normalized spacial score (nSPS) is 14.5. The molecule has 2 nitrogen and oxygen atoms in total. The van der Waals surface area contributed by atoms with Crippen LogP contribution in [0, 0.1) is 5.92 Å². The Bertz CT molecular complexity index is 168. The number of methoxy groups -OCH3 is 1. The van der Waals surface area contributed by atoms with Gasteiger partial charge in [-0.05, 0) is 12.8 Å². The maximum atomic E-state index is 5.79. The molecule has 0 aliphatic heterocycles. The highest BCUT2D eigenvalue weighted by molar-refractivity contribution is 4.85. The van der Waals surface area contributed by atoms with Crippen molar-refractivity contribution < 1.29 is 9.47 Å². The van der Waals surface area contributed by atoms with Crippen LogP contribution in [-0.4, -0.2) is 20.0 Å². The molecule has 0 aliphatic rings. The second-order valence-electron chi connectivity index (χ2n) is 4.65. The minimum atomic E-state index is 0.283. The van der Waals surface area contributed by atoms with E-state index in [1.807, 2.05) is 0 Å². The molecule has 0 aromatic carbocycles. The van der Waals surface area contributed by atoms with Crippen LogP contribution in [0.1, 0.15) is 58.8 Å². The van der Waals surface area contributed by atoms with Crippen molar-refractivity contribution in [2.75, 3.05) is 13.9 Å². The summed E-state index contributed by atoms with van der Waals surface area (Å²) in [5.74, 6) is 0.474. The lowest BCUT2D eigenvalue weighted by atomic mass is 9.92. The number of unbranched alkanes of at least 4 members (excludes halogenated alkanes) is 3. The van der Waals surface area contributed by atoms with E-state index < -0.39 is 0 Å². The second kappa shape index (κ2) is 12.1. The third-order valence-electron chi connectivity index (χ3n) is 3.16. The van der Waals surface area contributed by atoms with Gasteiger partial charge >= 0.3 is 0 Å². The van der Waals surface area contributed by atoms with Crippen LogP contribution in [0.4, 0.5) is 0 Å². The molecule has 0 aliphatic carbocycles. The fourth-order valence-electron chi connectivity index (χ4n) is 2.07. The van der Waals surface area contributed by atoms with Crippen LogP contribution < -0.4 is 0 Å². The zero-order chi connectivity index (χ0) is 12.9. The molecule has 0 saturated heterocycles. The van der Waals surface area contributed by atoms with E-state index in [4.69, 9.17) is 9.47 Å². The molecule has 102 valence electrons. The molecule has 0 aromatic heterocycles. The van der Waals surface area contributed by atoms with Crippen LogP contribution in [0.25, 0.3) is 0 Å². The maximum Gasteiger partial charge on any atom is 0.146 e. The Morgan fingerprint density at radius 1 is 1.06 bits per heavy atom. The summed E-state index contributed by atoms with van der Waals surface area (Å²) in [6.07, 6.45) is 10.9. The molecule has 17 heavy (non-hydrogen) atoms. The van der Waals surface area contributed by atoms with Crippen LogP contribution in [0.5, 0.6) is 0 Å². The molecule has 0 radical (unpaired) electrons. The van der Waals surface area contributed by atoms with E-state index in [0.29, 0.717) is 12.7 Å². The molecule has 2 heteroatoms. The van der Waals surface area contributed by atoms with Crippen molar-refractivity contribution in [3.8, 4) is 0 Å². The SMILES string of the molecule is C=C[C@H](CCCC)[C@@H](CCCCC)OCOC.